The van der Waals surface area contributed by atoms with Gasteiger partial charge in [0.15, 0.2) is 0 Å². The maximum atomic E-state index is 12.3. The van der Waals surface area contributed by atoms with E-state index in [-0.39, 0.29) is 5.91 Å². The van der Waals surface area contributed by atoms with E-state index in [1.165, 1.54) is 0 Å². The number of amides is 1. The third-order valence-corrected chi connectivity index (χ3v) is 3.52. The van der Waals surface area contributed by atoms with Crippen molar-refractivity contribution in [2.45, 2.75) is 0 Å². The minimum Gasteiger partial charge on any atom is -0.397 e. The average molecular weight is 298 g/mol. The quantitative estimate of drug-likeness (QED) is 0.916. The molecule has 0 atom stereocenters. The molecule has 5 nitrogen and oxygen atoms in total. The SMILES string of the molecule is CN(C)CCN(C)C(=O)c1ccc(-c2ccncc2N)cc1. The van der Waals surface area contributed by atoms with Crippen LogP contribution in [0.4, 0.5) is 5.69 Å². The third-order valence-electron chi connectivity index (χ3n) is 3.52. The first-order chi connectivity index (χ1) is 10.5. The molecule has 0 saturated carbocycles. The largest absolute Gasteiger partial charge is 0.397 e. The van der Waals surface area contributed by atoms with E-state index >= 15 is 0 Å². The van der Waals surface area contributed by atoms with E-state index in [2.05, 4.69) is 9.88 Å². The van der Waals surface area contributed by atoms with Crippen LogP contribution >= 0.6 is 0 Å². The molecule has 2 rings (SSSR count). The fourth-order valence-electron chi connectivity index (χ4n) is 2.13. The van der Waals surface area contributed by atoms with Crippen LogP contribution in [0.2, 0.25) is 0 Å². The molecule has 0 aliphatic rings. The van der Waals surface area contributed by atoms with Crippen molar-refractivity contribution < 1.29 is 4.79 Å². The predicted molar refractivity (Wildman–Crippen MR) is 89.6 cm³/mol. The van der Waals surface area contributed by atoms with Gasteiger partial charge in [-0.3, -0.25) is 9.78 Å². The smallest absolute Gasteiger partial charge is 0.253 e. The molecule has 116 valence electrons. The van der Waals surface area contributed by atoms with Crippen molar-refractivity contribution in [3.8, 4) is 11.1 Å². The lowest BCUT2D eigenvalue weighted by Crippen LogP contribution is -2.33. The molecule has 1 aromatic heterocycles. The van der Waals surface area contributed by atoms with E-state index in [0.29, 0.717) is 17.8 Å². The number of likely N-dealkylation sites (N-methyl/N-ethyl adjacent to an activating group) is 2. The molecule has 1 amide bonds. The van der Waals surface area contributed by atoms with Gasteiger partial charge in [-0.05, 0) is 37.9 Å². The van der Waals surface area contributed by atoms with Crippen LogP contribution in [-0.2, 0) is 0 Å². The van der Waals surface area contributed by atoms with Crippen molar-refractivity contribution >= 4 is 11.6 Å². The lowest BCUT2D eigenvalue weighted by atomic mass is 10.0. The van der Waals surface area contributed by atoms with Gasteiger partial charge >= 0.3 is 0 Å². The zero-order valence-electron chi connectivity index (χ0n) is 13.3. The fourth-order valence-corrected chi connectivity index (χ4v) is 2.13. The Kier molecular flexibility index (Phi) is 5.12. The minimum absolute atomic E-state index is 0.0242. The fraction of sp³-hybridized carbons (Fsp3) is 0.294. The highest BCUT2D eigenvalue weighted by Crippen LogP contribution is 2.24. The normalized spacial score (nSPS) is 10.7. The Morgan fingerprint density at radius 3 is 2.36 bits per heavy atom. The van der Waals surface area contributed by atoms with Crippen molar-refractivity contribution in [3.63, 3.8) is 0 Å². The van der Waals surface area contributed by atoms with Gasteiger partial charge in [-0.2, -0.15) is 0 Å². The van der Waals surface area contributed by atoms with Gasteiger partial charge in [-0.25, -0.2) is 0 Å². The average Bonchev–Trinajstić information content (AvgIpc) is 2.52. The van der Waals surface area contributed by atoms with Gasteiger partial charge in [0, 0.05) is 37.5 Å². The zero-order chi connectivity index (χ0) is 16.1. The monoisotopic (exact) mass is 298 g/mol. The molecular formula is C17H22N4O. The summed E-state index contributed by atoms with van der Waals surface area (Å²) in [6.07, 6.45) is 3.34. The number of hydrogen-bond acceptors (Lipinski definition) is 4. The molecule has 1 aromatic carbocycles. The summed E-state index contributed by atoms with van der Waals surface area (Å²) in [7, 11) is 5.80. The molecular weight excluding hydrogens is 276 g/mol. The number of nitrogen functional groups attached to an aromatic ring is 1. The highest BCUT2D eigenvalue weighted by molar-refractivity contribution is 5.94. The molecule has 2 aromatic rings. The Morgan fingerprint density at radius 1 is 1.09 bits per heavy atom. The molecule has 1 heterocycles. The summed E-state index contributed by atoms with van der Waals surface area (Å²) in [5.41, 5.74) is 9.14. The second-order valence-electron chi connectivity index (χ2n) is 5.57. The van der Waals surface area contributed by atoms with Crippen LogP contribution in [0.3, 0.4) is 0 Å². The molecule has 0 aliphatic heterocycles. The van der Waals surface area contributed by atoms with Gasteiger partial charge < -0.3 is 15.5 Å². The number of carbonyl (C=O) groups is 1. The van der Waals surface area contributed by atoms with Crippen LogP contribution < -0.4 is 5.73 Å². The summed E-state index contributed by atoms with van der Waals surface area (Å²) in [6, 6.07) is 9.38. The molecule has 0 aliphatic carbocycles. The van der Waals surface area contributed by atoms with Crippen LogP contribution in [0.25, 0.3) is 11.1 Å². The molecule has 5 heteroatoms. The number of aromatic nitrogens is 1. The van der Waals surface area contributed by atoms with Crippen LogP contribution in [-0.4, -0.2) is 54.9 Å². The van der Waals surface area contributed by atoms with E-state index in [9.17, 15) is 4.79 Å². The molecule has 0 bridgehead atoms. The maximum Gasteiger partial charge on any atom is 0.253 e. The van der Waals surface area contributed by atoms with E-state index in [1.807, 2.05) is 51.5 Å². The number of hydrogen-bond donors (Lipinski definition) is 1. The molecule has 0 fully saturated rings. The summed E-state index contributed by atoms with van der Waals surface area (Å²) >= 11 is 0. The summed E-state index contributed by atoms with van der Waals surface area (Å²) in [6.45, 7) is 1.54. The molecule has 0 saturated heterocycles. The van der Waals surface area contributed by atoms with Gasteiger partial charge in [0.25, 0.3) is 5.91 Å². The number of rotatable bonds is 5. The number of benzene rings is 1. The van der Waals surface area contributed by atoms with E-state index < -0.39 is 0 Å². The van der Waals surface area contributed by atoms with Crippen LogP contribution in [0.15, 0.2) is 42.7 Å². The van der Waals surface area contributed by atoms with E-state index in [0.717, 1.165) is 17.7 Å². The lowest BCUT2D eigenvalue weighted by molar-refractivity contribution is 0.0786. The van der Waals surface area contributed by atoms with Gasteiger partial charge in [0.1, 0.15) is 0 Å². The summed E-state index contributed by atoms with van der Waals surface area (Å²) in [4.78, 5) is 20.1. The molecule has 2 N–H and O–H groups in total. The lowest BCUT2D eigenvalue weighted by Gasteiger charge is -2.19. The second-order valence-corrected chi connectivity index (χ2v) is 5.57. The van der Waals surface area contributed by atoms with Crippen molar-refractivity contribution in [1.29, 1.82) is 0 Å². The molecule has 0 radical (unpaired) electrons. The maximum absolute atomic E-state index is 12.3. The second kappa shape index (κ2) is 7.04. The highest BCUT2D eigenvalue weighted by atomic mass is 16.2. The van der Waals surface area contributed by atoms with Gasteiger partial charge in [0.2, 0.25) is 0 Å². The van der Waals surface area contributed by atoms with Crippen molar-refractivity contribution in [1.82, 2.24) is 14.8 Å². The first-order valence-corrected chi connectivity index (χ1v) is 7.19. The Labute approximate surface area is 131 Å². The summed E-state index contributed by atoms with van der Waals surface area (Å²) < 4.78 is 0. The zero-order valence-corrected chi connectivity index (χ0v) is 13.3. The van der Waals surface area contributed by atoms with Crippen LogP contribution in [0.1, 0.15) is 10.4 Å². The standard InChI is InChI=1S/C17H22N4O/c1-20(2)10-11-21(3)17(22)14-6-4-13(5-7-14)15-8-9-19-12-16(15)18/h4-9,12H,10-11,18H2,1-3H3. The third kappa shape index (κ3) is 3.83. The van der Waals surface area contributed by atoms with Gasteiger partial charge in [0.05, 0.1) is 11.9 Å². The molecule has 0 unspecified atom stereocenters. The van der Waals surface area contributed by atoms with Crippen molar-refractivity contribution in [2.24, 2.45) is 0 Å². The first kappa shape index (κ1) is 16.0. The number of nitrogens with zero attached hydrogens (tertiary/aromatic N) is 3. The Bertz CT molecular complexity index is 637. The molecule has 22 heavy (non-hydrogen) atoms. The predicted octanol–water partition coefficient (Wildman–Crippen LogP) is 1.96. The van der Waals surface area contributed by atoms with E-state index in [1.54, 1.807) is 17.3 Å². The summed E-state index contributed by atoms with van der Waals surface area (Å²) in [5, 5.41) is 0. The number of pyridine rings is 1. The highest BCUT2D eigenvalue weighted by Gasteiger charge is 2.12. The summed E-state index contributed by atoms with van der Waals surface area (Å²) in [5.74, 6) is 0.0242. The van der Waals surface area contributed by atoms with Gasteiger partial charge in [-0.1, -0.05) is 12.1 Å². The number of nitrogens with two attached hydrogens (primary N) is 1. The van der Waals surface area contributed by atoms with E-state index in [4.69, 9.17) is 5.73 Å². The number of carbonyl (C=O) groups excluding carboxylic acids is 1. The Hall–Kier alpha value is -2.40. The van der Waals surface area contributed by atoms with Crippen molar-refractivity contribution in [2.75, 3.05) is 40.0 Å². The van der Waals surface area contributed by atoms with Gasteiger partial charge in [-0.15, -0.1) is 0 Å². The Balaban J connectivity index is 2.12. The van der Waals surface area contributed by atoms with Crippen LogP contribution in [0, 0.1) is 0 Å². The number of anilines is 1. The Morgan fingerprint density at radius 2 is 1.77 bits per heavy atom. The van der Waals surface area contributed by atoms with Crippen molar-refractivity contribution in [3.05, 3.63) is 48.3 Å². The molecule has 0 spiro atoms. The first-order valence-electron chi connectivity index (χ1n) is 7.19. The topological polar surface area (TPSA) is 62.5 Å². The minimum atomic E-state index is 0.0242. The van der Waals surface area contributed by atoms with Crippen LogP contribution in [0.5, 0.6) is 0 Å².